The summed E-state index contributed by atoms with van der Waals surface area (Å²) < 4.78 is 0. The number of rotatable bonds is 3. The van der Waals surface area contributed by atoms with Crippen LogP contribution in [-0.2, 0) is 0 Å². The molecule has 3 N–H and O–H groups in total. The number of aryl methyl sites for hydroxylation is 2. The Labute approximate surface area is 113 Å². The highest BCUT2D eigenvalue weighted by Crippen LogP contribution is 2.34. The molecular formula is C16H19NO2. The second-order valence-corrected chi connectivity index (χ2v) is 4.95. The molecule has 0 saturated heterocycles. The van der Waals surface area contributed by atoms with Crippen LogP contribution in [0.2, 0.25) is 0 Å². The van der Waals surface area contributed by atoms with E-state index in [1.54, 1.807) is 18.2 Å². The average molecular weight is 257 g/mol. The molecule has 0 spiro atoms. The number of benzene rings is 2. The van der Waals surface area contributed by atoms with Crippen LogP contribution in [0.25, 0.3) is 0 Å². The molecule has 0 aliphatic carbocycles. The van der Waals surface area contributed by atoms with Crippen LogP contribution in [0.15, 0.2) is 36.4 Å². The fourth-order valence-electron chi connectivity index (χ4n) is 2.37. The summed E-state index contributed by atoms with van der Waals surface area (Å²) in [6.07, 6.45) is 0. The predicted octanol–water partition coefficient (Wildman–Crippen LogP) is 3.89. The number of phenols is 2. The quantitative estimate of drug-likeness (QED) is 0.782. The lowest BCUT2D eigenvalue weighted by atomic mass is 10.0. The number of hydrogen-bond donors (Lipinski definition) is 3. The van der Waals surface area contributed by atoms with Crippen molar-refractivity contribution in [3.05, 3.63) is 53.1 Å². The lowest BCUT2D eigenvalue weighted by Gasteiger charge is -2.18. The van der Waals surface area contributed by atoms with Gasteiger partial charge < -0.3 is 15.5 Å². The molecule has 2 rings (SSSR count). The highest BCUT2D eigenvalue weighted by Gasteiger charge is 2.14. The summed E-state index contributed by atoms with van der Waals surface area (Å²) >= 11 is 0. The van der Waals surface area contributed by atoms with Gasteiger partial charge in [-0.2, -0.15) is 0 Å². The minimum atomic E-state index is -0.178. The maximum absolute atomic E-state index is 9.85. The van der Waals surface area contributed by atoms with Crippen molar-refractivity contribution in [2.75, 3.05) is 5.32 Å². The molecule has 0 aliphatic rings. The van der Waals surface area contributed by atoms with Gasteiger partial charge in [0.15, 0.2) is 0 Å². The molecule has 0 fully saturated rings. The minimum absolute atomic E-state index is 0.101. The van der Waals surface area contributed by atoms with Crippen molar-refractivity contribution in [1.82, 2.24) is 0 Å². The molecule has 0 bridgehead atoms. The van der Waals surface area contributed by atoms with E-state index in [9.17, 15) is 10.2 Å². The maximum Gasteiger partial charge on any atom is 0.124 e. The van der Waals surface area contributed by atoms with E-state index in [4.69, 9.17) is 0 Å². The molecule has 100 valence electrons. The molecule has 0 amide bonds. The first-order chi connectivity index (χ1) is 8.97. The zero-order valence-electron chi connectivity index (χ0n) is 11.4. The lowest BCUT2D eigenvalue weighted by Crippen LogP contribution is -2.07. The number of anilines is 1. The Kier molecular flexibility index (Phi) is 3.65. The molecule has 0 aromatic heterocycles. The zero-order chi connectivity index (χ0) is 14.0. The fourth-order valence-corrected chi connectivity index (χ4v) is 2.37. The van der Waals surface area contributed by atoms with Crippen LogP contribution in [0, 0.1) is 13.8 Å². The predicted molar refractivity (Wildman–Crippen MR) is 77.7 cm³/mol. The molecule has 1 atom stereocenters. The third-order valence-electron chi connectivity index (χ3n) is 3.10. The van der Waals surface area contributed by atoms with Gasteiger partial charge in [0, 0.05) is 5.69 Å². The molecule has 0 saturated carbocycles. The Morgan fingerprint density at radius 2 is 1.47 bits per heavy atom. The van der Waals surface area contributed by atoms with Crippen LogP contribution < -0.4 is 5.32 Å². The first-order valence-corrected chi connectivity index (χ1v) is 6.33. The molecule has 0 aliphatic heterocycles. The molecule has 0 heterocycles. The zero-order valence-corrected chi connectivity index (χ0v) is 11.4. The second-order valence-electron chi connectivity index (χ2n) is 4.95. The Morgan fingerprint density at radius 3 is 2.00 bits per heavy atom. The van der Waals surface area contributed by atoms with Gasteiger partial charge in [-0.15, -0.1) is 0 Å². The summed E-state index contributed by atoms with van der Waals surface area (Å²) in [6.45, 7) is 5.99. The fraction of sp³-hybridized carbons (Fsp3) is 0.250. The van der Waals surface area contributed by atoms with Crippen molar-refractivity contribution < 1.29 is 10.2 Å². The summed E-state index contributed by atoms with van der Waals surface area (Å²) in [5.41, 5.74) is 3.85. The Bertz CT molecular complexity index is 553. The van der Waals surface area contributed by atoms with E-state index in [0.717, 1.165) is 5.69 Å². The van der Waals surface area contributed by atoms with Crippen LogP contribution in [0.4, 0.5) is 5.69 Å². The molecular weight excluding hydrogens is 238 g/mol. The minimum Gasteiger partial charge on any atom is -0.507 e. The van der Waals surface area contributed by atoms with Crippen molar-refractivity contribution in [3.63, 3.8) is 0 Å². The molecule has 2 aromatic carbocycles. The van der Waals surface area contributed by atoms with Gasteiger partial charge in [0.25, 0.3) is 0 Å². The van der Waals surface area contributed by atoms with E-state index in [2.05, 4.69) is 11.4 Å². The van der Waals surface area contributed by atoms with Crippen LogP contribution in [0.1, 0.15) is 29.7 Å². The van der Waals surface area contributed by atoms with E-state index >= 15 is 0 Å². The standard InChI is InChI=1S/C16H19NO2/c1-10-7-11(2)9-13(8-10)17-12(3)16-14(18)5-4-6-15(16)19/h4-9,12,17-19H,1-3H3. The second kappa shape index (κ2) is 5.22. The van der Waals surface area contributed by atoms with Gasteiger partial charge >= 0.3 is 0 Å². The van der Waals surface area contributed by atoms with Crippen molar-refractivity contribution in [3.8, 4) is 11.5 Å². The normalized spacial score (nSPS) is 12.2. The van der Waals surface area contributed by atoms with Crippen LogP contribution >= 0.6 is 0 Å². The summed E-state index contributed by atoms with van der Waals surface area (Å²) in [4.78, 5) is 0. The van der Waals surface area contributed by atoms with Crippen molar-refractivity contribution in [2.45, 2.75) is 26.8 Å². The first kappa shape index (κ1) is 13.3. The van der Waals surface area contributed by atoms with Gasteiger partial charge in [-0.05, 0) is 56.2 Å². The summed E-state index contributed by atoms with van der Waals surface area (Å²) in [7, 11) is 0. The van der Waals surface area contributed by atoms with E-state index in [1.807, 2.05) is 32.9 Å². The monoisotopic (exact) mass is 257 g/mol. The van der Waals surface area contributed by atoms with Crippen molar-refractivity contribution in [2.24, 2.45) is 0 Å². The maximum atomic E-state index is 9.85. The van der Waals surface area contributed by atoms with E-state index in [0.29, 0.717) is 5.56 Å². The van der Waals surface area contributed by atoms with Crippen molar-refractivity contribution >= 4 is 5.69 Å². The SMILES string of the molecule is Cc1cc(C)cc(NC(C)c2c(O)cccc2O)c1. The largest absolute Gasteiger partial charge is 0.507 e. The number of nitrogens with one attached hydrogen (secondary N) is 1. The van der Waals surface area contributed by atoms with Gasteiger partial charge in [-0.3, -0.25) is 0 Å². The molecule has 19 heavy (non-hydrogen) atoms. The summed E-state index contributed by atoms with van der Waals surface area (Å²) in [6, 6.07) is 10.8. The van der Waals surface area contributed by atoms with Gasteiger partial charge in [0.05, 0.1) is 11.6 Å². The average Bonchev–Trinajstić information content (AvgIpc) is 2.26. The topological polar surface area (TPSA) is 52.5 Å². The Hall–Kier alpha value is -2.16. The van der Waals surface area contributed by atoms with Gasteiger partial charge in [-0.25, -0.2) is 0 Å². The van der Waals surface area contributed by atoms with Crippen molar-refractivity contribution in [1.29, 1.82) is 0 Å². The lowest BCUT2D eigenvalue weighted by molar-refractivity contribution is 0.434. The van der Waals surface area contributed by atoms with Gasteiger partial charge in [0.1, 0.15) is 11.5 Å². The molecule has 1 unspecified atom stereocenters. The highest BCUT2D eigenvalue weighted by molar-refractivity contribution is 5.53. The van der Waals surface area contributed by atoms with E-state index in [-0.39, 0.29) is 17.5 Å². The number of phenolic OH excluding ortho intramolecular Hbond substituents is 2. The Balaban J connectivity index is 2.28. The molecule has 2 aromatic rings. The van der Waals surface area contributed by atoms with E-state index in [1.165, 1.54) is 11.1 Å². The summed E-state index contributed by atoms with van der Waals surface area (Å²) in [5, 5.41) is 23.0. The third-order valence-corrected chi connectivity index (χ3v) is 3.10. The molecule has 3 nitrogen and oxygen atoms in total. The van der Waals surface area contributed by atoms with E-state index < -0.39 is 0 Å². The smallest absolute Gasteiger partial charge is 0.124 e. The van der Waals surface area contributed by atoms with Crippen LogP contribution in [0.3, 0.4) is 0 Å². The van der Waals surface area contributed by atoms with Crippen LogP contribution in [0.5, 0.6) is 11.5 Å². The summed E-state index contributed by atoms with van der Waals surface area (Å²) in [5.74, 6) is 0.203. The number of aromatic hydroxyl groups is 2. The van der Waals surface area contributed by atoms with Gasteiger partial charge in [-0.1, -0.05) is 12.1 Å². The first-order valence-electron chi connectivity index (χ1n) is 6.33. The Morgan fingerprint density at radius 1 is 0.947 bits per heavy atom. The molecule has 0 radical (unpaired) electrons. The van der Waals surface area contributed by atoms with Crippen LogP contribution in [-0.4, -0.2) is 10.2 Å². The third kappa shape index (κ3) is 2.99. The molecule has 3 heteroatoms. The number of hydrogen-bond acceptors (Lipinski definition) is 3. The highest BCUT2D eigenvalue weighted by atomic mass is 16.3. The van der Waals surface area contributed by atoms with Gasteiger partial charge in [0.2, 0.25) is 0 Å².